The zero-order valence-corrected chi connectivity index (χ0v) is 9.43. The summed E-state index contributed by atoms with van der Waals surface area (Å²) >= 11 is 0. The highest BCUT2D eigenvalue weighted by molar-refractivity contribution is 5.82. The van der Waals surface area contributed by atoms with Crippen molar-refractivity contribution in [1.29, 1.82) is 0 Å². The summed E-state index contributed by atoms with van der Waals surface area (Å²) in [6.07, 6.45) is 3.54. The van der Waals surface area contributed by atoms with Crippen LogP contribution >= 0.6 is 0 Å². The molecule has 1 amide bonds. The maximum absolute atomic E-state index is 11.6. The second kappa shape index (κ2) is 5.12. The lowest BCUT2D eigenvalue weighted by atomic mass is 9.86. The molecular weight excluding hydrogens is 200 g/mol. The van der Waals surface area contributed by atoms with Crippen LogP contribution in [0.15, 0.2) is 30.3 Å². The lowest BCUT2D eigenvalue weighted by molar-refractivity contribution is -0.698. The Morgan fingerprint density at radius 1 is 1.31 bits per heavy atom. The van der Waals surface area contributed by atoms with Crippen LogP contribution in [0.1, 0.15) is 30.7 Å². The van der Waals surface area contributed by atoms with Crippen LogP contribution in [-0.4, -0.2) is 18.5 Å². The topological polar surface area (TPSA) is 59.7 Å². The van der Waals surface area contributed by atoms with Crippen LogP contribution in [0.3, 0.4) is 0 Å². The van der Waals surface area contributed by atoms with E-state index in [1.807, 2.05) is 30.3 Å². The lowest BCUT2D eigenvalue weighted by Gasteiger charge is -2.26. The Hall–Kier alpha value is -1.35. The van der Waals surface area contributed by atoms with E-state index in [0.717, 1.165) is 18.5 Å². The Kier molecular flexibility index (Phi) is 3.57. The van der Waals surface area contributed by atoms with Crippen molar-refractivity contribution < 1.29 is 10.1 Å². The van der Waals surface area contributed by atoms with E-state index in [4.69, 9.17) is 5.73 Å². The summed E-state index contributed by atoms with van der Waals surface area (Å²) in [6.45, 7) is 1.11. The number of piperidine rings is 1. The molecule has 86 valence electrons. The second-order valence-electron chi connectivity index (χ2n) is 4.47. The molecule has 2 rings (SSSR count). The van der Waals surface area contributed by atoms with Crippen molar-refractivity contribution in [1.82, 2.24) is 0 Å². The second-order valence-corrected chi connectivity index (χ2v) is 4.47. The number of rotatable bonds is 3. The average molecular weight is 219 g/mol. The third kappa shape index (κ3) is 2.42. The Bertz CT molecular complexity index is 344. The Balaban J connectivity index is 2.20. The quantitative estimate of drug-likeness (QED) is 0.758. The van der Waals surface area contributed by atoms with Crippen LogP contribution in [0.25, 0.3) is 0 Å². The number of hydrogen-bond donors (Lipinski definition) is 2. The minimum Gasteiger partial charge on any atom is -0.369 e. The number of carbonyl (C=O) groups is 1. The third-order valence-corrected chi connectivity index (χ3v) is 3.35. The zero-order chi connectivity index (χ0) is 11.4. The van der Waals surface area contributed by atoms with Gasteiger partial charge in [0, 0.05) is 6.42 Å². The molecule has 4 N–H and O–H groups in total. The summed E-state index contributed by atoms with van der Waals surface area (Å²) in [6, 6.07) is 10.2. The first-order valence-electron chi connectivity index (χ1n) is 5.96. The molecule has 0 spiro atoms. The SMILES string of the molecule is NC(=O)[C@H](c1ccccc1)[C@H]1CCCC[NH2+]1. The van der Waals surface area contributed by atoms with Crippen LogP contribution < -0.4 is 11.1 Å². The van der Waals surface area contributed by atoms with Gasteiger partial charge in [-0.3, -0.25) is 4.79 Å². The van der Waals surface area contributed by atoms with Crippen LogP contribution in [0.4, 0.5) is 0 Å². The standard InChI is InChI=1S/C13H18N2O/c14-13(16)12(10-6-2-1-3-7-10)11-8-4-5-9-15-11/h1-3,6-7,11-12,15H,4-5,8-9H2,(H2,14,16)/p+1/t11-,12-/m1/s1. The van der Waals surface area contributed by atoms with Gasteiger partial charge in [-0.2, -0.15) is 0 Å². The van der Waals surface area contributed by atoms with Crippen LogP contribution in [0.5, 0.6) is 0 Å². The average Bonchev–Trinajstić information content (AvgIpc) is 2.31. The van der Waals surface area contributed by atoms with Crippen molar-refractivity contribution in [2.24, 2.45) is 5.73 Å². The molecule has 1 aromatic rings. The zero-order valence-electron chi connectivity index (χ0n) is 9.43. The molecule has 0 saturated carbocycles. The maximum atomic E-state index is 11.6. The molecule has 1 fully saturated rings. The van der Waals surface area contributed by atoms with E-state index in [9.17, 15) is 4.79 Å². The molecule has 0 aromatic heterocycles. The highest BCUT2D eigenvalue weighted by Crippen LogP contribution is 2.21. The normalized spacial score (nSPS) is 22.6. The summed E-state index contributed by atoms with van der Waals surface area (Å²) in [7, 11) is 0. The summed E-state index contributed by atoms with van der Waals surface area (Å²) < 4.78 is 0. The molecule has 1 aromatic carbocycles. The minimum atomic E-state index is -0.200. The largest absolute Gasteiger partial charge is 0.369 e. The summed E-state index contributed by atoms with van der Waals surface area (Å²) in [5, 5.41) is 2.27. The Labute approximate surface area is 96.0 Å². The van der Waals surface area contributed by atoms with Crippen molar-refractivity contribution >= 4 is 5.91 Å². The van der Waals surface area contributed by atoms with Gasteiger partial charge in [-0.15, -0.1) is 0 Å². The van der Waals surface area contributed by atoms with E-state index in [-0.39, 0.29) is 11.8 Å². The fraction of sp³-hybridized carbons (Fsp3) is 0.462. The molecule has 1 aliphatic rings. The first-order chi connectivity index (χ1) is 7.79. The van der Waals surface area contributed by atoms with E-state index < -0.39 is 0 Å². The van der Waals surface area contributed by atoms with Gasteiger partial charge in [0.1, 0.15) is 12.0 Å². The smallest absolute Gasteiger partial charge is 0.231 e. The van der Waals surface area contributed by atoms with Crippen molar-refractivity contribution in [2.75, 3.05) is 6.54 Å². The van der Waals surface area contributed by atoms with Gasteiger partial charge in [0.2, 0.25) is 5.91 Å². The van der Waals surface area contributed by atoms with Gasteiger partial charge in [-0.25, -0.2) is 0 Å². The van der Waals surface area contributed by atoms with Gasteiger partial charge < -0.3 is 11.1 Å². The highest BCUT2D eigenvalue weighted by atomic mass is 16.1. The molecule has 1 saturated heterocycles. The molecule has 16 heavy (non-hydrogen) atoms. The van der Waals surface area contributed by atoms with Crippen molar-refractivity contribution in [3.05, 3.63) is 35.9 Å². The van der Waals surface area contributed by atoms with Crippen LogP contribution in [-0.2, 0) is 4.79 Å². The molecule has 0 bridgehead atoms. The summed E-state index contributed by atoms with van der Waals surface area (Å²) in [5.74, 6) is -0.337. The number of carbonyl (C=O) groups excluding carboxylic acids is 1. The predicted octanol–water partition coefficient (Wildman–Crippen LogP) is 0.371. The Morgan fingerprint density at radius 3 is 2.62 bits per heavy atom. The first-order valence-corrected chi connectivity index (χ1v) is 5.96. The van der Waals surface area contributed by atoms with Gasteiger partial charge in [0.05, 0.1) is 6.54 Å². The molecule has 2 atom stereocenters. The first kappa shape index (κ1) is 11.1. The van der Waals surface area contributed by atoms with E-state index in [1.54, 1.807) is 0 Å². The molecule has 0 radical (unpaired) electrons. The van der Waals surface area contributed by atoms with E-state index in [0.29, 0.717) is 6.04 Å². The van der Waals surface area contributed by atoms with Gasteiger partial charge >= 0.3 is 0 Å². The fourth-order valence-electron chi connectivity index (χ4n) is 2.56. The van der Waals surface area contributed by atoms with Crippen LogP contribution in [0.2, 0.25) is 0 Å². The third-order valence-electron chi connectivity index (χ3n) is 3.35. The van der Waals surface area contributed by atoms with E-state index in [2.05, 4.69) is 5.32 Å². The fourth-order valence-corrected chi connectivity index (χ4v) is 2.56. The van der Waals surface area contributed by atoms with Crippen LogP contribution in [0, 0.1) is 0 Å². The van der Waals surface area contributed by atoms with Gasteiger partial charge in [-0.1, -0.05) is 30.3 Å². The molecule has 3 nitrogen and oxygen atoms in total. The highest BCUT2D eigenvalue weighted by Gasteiger charge is 2.32. The van der Waals surface area contributed by atoms with Crippen molar-refractivity contribution in [3.63, 3.8) is 0 Å². The molecule has 1 heterocycles. The number of primary amides is 1. The van der Waals surface area contributed by atoms with Crippen molar-refractivity contribution in [2.45, 2.75) is 31.2 Å². The van der Waals surface area contributed by atoms with E-state index >= 15 is 0 Å². The molecular formula is C13H19N2O+. The predicted molar refractivity (Wildman–Crippen MR) is 62.8 cm³/mol. The molecule has 0 aliphatic carbocycles. The minimum absolute atomic E-state index is 0.138. The Morgan fingerprint density at radius 2 is 2.06 bits per heavy atom. The maximum Gasteiger partial charge on any atom is 0.231 e. The summed E-state index contributed by atoms with van der Waals surface area (Å²) in [4.78, 5) is 11.6. The monoisotopic (exact) mass is 219 g/mol. The number of amides is 1. The number of quaternary nitrogens is 1. The van der Waals surface area contributed by atoms with Gasteiger partial charge in [0.25, 0.3) is 0 Å². The molecule has 1 aliphatic heterocycles. The molecule has 3 heteroatoms. The number of benzene rings is 1. The summed E-state index contributed by atoms with van der Waals surface area (Å²) in [5.41, 5.74) is 6.59. The number of hydrogen-bond acceptors (Lipinski definition) is 1. The van der Waals surface area contributed by atoms with E-state index in [1.165, 1.54) is 12.8 Å². The number of nitrogens with two attached hydrogens (primary N) is 2. The lowest BCUT2D eigenvalue weighted by Crippen LogP contribution is -2.92. The van der Waals surface area contributed by atoms with Gasteiger partial charge in [-0.05, 0) is 18.4 Å². The van der Waals surface area contributed by atoms with Gasteiger partial charge in [0.15, 0.2) is 0 Å². The molecule has 0 unspecified atom stereocenters. The van der Waals surface area contributed by atoms with Crippen molar-refractivity contribution in [3.8, 4) is 0 Å².